The molecule has 1 aromatic carbocycles. The lowest BCUT2D eigenvalue weighted by Gasteiger charge is -2.31. The molecular weight excluding hydrogens is 332 g/mol. The number of amides is 2. The predicted molar refractivity (Wildman–Crippen MR) is 104 cm³/mol. The fraction of sp³-hybridized carbons (Fsp3) is 0.300. The molecule has 3 rings (SSSR count). The fourth-order valence-electron chi connectivity index (χ4n) is 2.92. The van der Waals surface area contributed by atoms with Crippen molar-refractivity contribution < 1.29 is 9.59 Å². The minimum absolute atomic E-state index is 0.0436. The number of benzene rings is 1. The van der Waals surface area contributed by atoms with E-state index in [1.807, 2.05) is 54.5 Å². The lowest BCUT2D eigenvalue weighted by Crippen LogP contribution is -2.38. The van der Waals surface area contributed by atoms with Crippen LogP contribution in [0.25, 0.3) is 6.08 Å². The molecular formula is C20H22N2O2S. The molecule has 1 aliphatic heterocycles. The van der Waals surface area contributed by atoms with Gasteiger partial charge in [-0.3, -0.25) is 9.59 Å². The highest BCUT2D eigenvalue weighted by atomic mass is 32.1. The number of carbonyl (C=O) groups is 2. The van der Waals surface area contributed by atoms with Gasteiger partial charge in [0.2, 0.25) is 11.8 Å². The first kappa shape index (κ1) is 17.4. The van der Waals surface area contributed by atoms with Gasteiger partial charge in [-0.1, -0.05) is 26.0 Å². The molecule has 2 heterocycles. The number of anilines is 2. The number of thiophene rings is 1. The Labute approximate surface area is 152 Å². The van der Waals surface area contributed by atoms with Crippen LogP contribution in [0.3, 0.4) is 0 Å². The third-order valence-corrected chi connectivity index (χ3v) is 5.01. The number of fused-ring (bicyclic) bond motifs is 1. The molecule has 0 bridgehead atoms. The van der Waals surface area contributed by atoms with Gasteiger partial charge in [-0.05, 0) is 48.1 Å². The number of rotatable bonds is 4. The van der Waals surface area contributed by atoms with Crippen molar-refractivity contribution in [2.24, 2.45) is 5.92 Å². The monoisotopic (exact) mass is 354 g/mol. The maximum absolute atomic E-state index is 12.5. The second-order valence-corrected chi connectivity index (χ2v) is 7.41. The number of aryl methyl sites for hydroxylation is 1. The molecule has 0 radical (unpaired) electrons. The summed E-state index contributed by atoms with van der Waals surface area (Å²) < 4.78 is 0. The molecule has 2 amide bonds. The molecule has 1 aromatic heterocycles. The van der Waals surface area contributed by atoms with Gasteiger partial charge in [-0.25, -0.2) is 0 Å². The lowest BCUT2D eigenvalue weighted by atomic mass is 9.99. The summed E-state index contributed by atoms with van der Waals surface area (Å²) in [6.45, 7) is 4.56. The summed E-state index contributed by atoms with van der Waals surface area (Å²) in [4.78, 5) is 27.5. The molecule has 0 fully saturated rings. The molecule has 130 valence electrons. The van der Waals surface area contributed by atoms with Crippen molar-refractivity contribution in [3.8, 4) is 0 Å². The van der Waals surface area contributed by atoms with E-state index in [4.69, 9.17) is 0 Å². The maximum Gasteiger partial charge on any atom is 0.248 e. The zero-order chi connectivity index (χ0) is 17.8. The van der Waals surface area contributed by atoms with Crippen molar-refractivity contribution in [2.75, 3.05) is 16.8 Å². The zero-order valence-electron chi connectivity index (χ0n) is 14.5. The van der Waals surface area contributed by atoms with E-state index >= 15 is 0 Å². The Morgan fingerprint density at radius 2 is 2.12 bits per heavy atom. The fourth-order valence-corrected chi connectivity index (χ4v) is 3.54. The largest absolute Gasteiger partial charge is 0.322 e. The van der Waals surface area contributed by atoms with Crippen LogP contribution in [0.4, 0.5) is 11.4 Å². The van der Waals surface area contributed by atoms with E-state index in [1.165, 1.54) is 6.08 Å². The topological polar surface area (TPSA) is 49.4 Å². The van der Waals surface area contributed by atoms with Crippen LogP contribution in [0.2, 0.25) is 0 Å². The van der Waals surface area contributed by atoms with Gasteiger partial charge in [0.25, 0.3) is 0 Å². The lowest BCUT2D eigenvalue weighted by molar-refractivity contribution is -0.121. The minimum Gasteiger partial charge on any atom is -0.322 e. The average Bonchev–Trinajstić information content (AvgIpc) is 3.12. The number of carbonyl (C=O) groups excluding carboxylic acids is 2. The third kappa shape index (κ3) is 4.17. The Hall–Kier alpha value is -2.40. The molecule has 0 saturated carbocycles. The standard InChI is InChI=1S/C20H22N2O2S/c1-14(2)20(24)22-11-3-5-15-7-8-16(13-18(15)22)21-19(23)10-9-17-6-4-12-25-17/h4,6-10,12-14H,3,5,11H2,1-2H3,(H,21,23)/b10-9+. The van der Waals surface area contributed by atoms with E-state index < -0.39 is 0 Å². The normalized spacial score (nSPS) is 14.0. The summed E-state index contributed by atoms with van der Waals surface area (Å²) in [6.07, 6.45) is 5.26. The van der Waals surface area contributed by atoms with Gasteiger partial charge in [-0.15, -0.1) is 11.3 Å². The molecule has 0 aliphatic carbocycles. The number of nitrogens with one attached hydrogen (secondary N) is 1. The van der Waals surface area contributed by atoms with Gasteiger partial charge in [0.05, 0.1) is 0 Å². The second kappa shape index (κ2) is 7.66. The van der Waals surface area contributed by atoms with Crippen molar-refractivity contribution in [3.63, 3.8) is 0 Å². The van der Waals surface area contributed by atoms with E-state index in [1.54, 1.807) is 17.4 Å². The Kier molecular flexibility index (Phi) is 5.34. The van der Waals surface area contributed by atoms with Gasteiger partial charge < -0.3 is 10.2 Å². The van der Waals surface area contributed by atoms with Crippen LogP contribution in [0, 0.1) is 5.92 Å². The van der Waals surface area contributed by atoms with Gasteiger partial charge in [0, 0.05) is 34.8 Å². The molecule has 0 spiro atoms. The highest BCUT2D eigenvalue weighted by Gasteiger charge is 2.24. The highest BCUT2D eigenvalue weighted by Crippen LogP contribution is 2.31. The summed E-state index contributed by atoms with van der Waals surface area (Å²) in [5, 5.41) is 4.86. The SMILES string of the molecule is CC(C)C(=O)N1CCCc2ccc(NC(=O)/C=C/c3cccs3)cc21. The summed E-state index contributed by atoms with van der Waals surface area (Å²) >= 11 is 1.59. The quantitative estimate of drug-likeness (QED) is 0.831. The van der Waals surface area contributed by atoms with Crippen LogP contribution in [0.5, 0.6) is 0 Å². The van der Waals surface area contributed by atoms with Crippen LogP contribution in [0.1, 0.15) is 30.7 Å². The van der Waals surface area contributed by atoms with Gasteiger partial charge in [-0.2, -0.15) is 0 Å². The van der Waals surface area contributed by atoms with Crippen molar-refractivity contribution in [3.05, 3.63) is 52.2 Å². The third-order valence-electron chi connectivity index (χ3n) is 4.17. The molecule has 0 atom stereocenters. The van der Waals surface area contributed by atoms with E-state index in [0.29, 0.717) is 5.69 Å². The van der Waals surface area contributed by atoms with E-state index in [9.17, 15) is 9.59 Å². The molecule has 2 aromatic rings. The van der Waals surface area contributed by atoms with Crippen molar-refractivity contribution in [1.29, 1.82) is 0 Å². The molecule has 1 N–H and O–H groups in total. The van der Waals surface area contributed by atoms with Gasteiger partial charge in [0.1, 0.15) is 0 Å². The first-order valence-corrected chi connectivity index (χ1v) is 9.39. The van der Waals surface area contributed by atoms with Gasteiger partial charge >= 0.3 is 0 Å². The summed E-state index contributed by atoms with van der Waals surface area (Å²) in [5.41, 5.74) is 2.79. The Balaban J connectivity index is 1.76. The molecule has 5 heteroatoms. The first-order chi connectivity index (χ1) is 12.0. The van der Waals surface area contributed by atoms with Crippen LogP contribution in [-0.4, -0.2) is 18.4 Å². The van der Waals surface area contributed by atoms with Crippen molar-refractivity contribution in [2.45, 2.75) is 26.7 Å². The second-order valence-electron chi connectivity index (χ2n) is 6.43. The number of nitrogens with zero attached hydrogens (tertiary/aromatic N) is 1. The predicted octanol–water partition coefficient (Wildman–Crippen LogP) is 4.34. The number of hydrogen-bond acceptors (Lipinski definition) is 3. The van der Waals surface area contributed by atoms with Crippen LogP contribution >= 0.6 is 11.3 Å². The number of hydrogen-bond donors (Lipinski definition) is 1. The summed E-state index contributed by atoms with van der Waals surface area (Å²) in [6, 6.07) is 9.73. The van der Waals surface area contributed by atoms with Crippen molar-refractivity contribution >= 4 is 40.6 Å². The minimum atomic E-state index is -0.175. The zero-order valence-corrected chi connectivity index (χ0v) is 15.3. The molecule has 1 aliphatic rings. The highest BCUT2D eigenvalue weighted by molar-refractivity contribution is 7.10. The molecule has 4 nitrogen and oxygen atoms in total. The first-order valence-electron chi connectivity index (χ1n) is 8.51. The average molecular weight is 354 g/mol. The van der Waals surface area contributed by atoms with Crippen molar-refractivity contribution in [1.82, 2.24) is 0 Å². The van der Waals surface area contributed by atoms with Crippen LogP contribution in [-0.2, 0) is 16.0 Å². The molecule has 0 unspecified atom stereocenters. The Morgan fingerprint density at radius 3 is 2.84 bits per heavy atom. The summed E-state index contributed by atoms with van der Waals surface area (Å²) in [5.74, 6) is -0.0918. The Bertz CT molecular complexity index is 794. The van der Waals surface area contributed by atoms with Crippen LogP contribution in [0.15, 0.2) is 41.8 Å². The van der Waals surface area contributed by atoms with Gasteiger partial charge in [0.15, 0.2) is 0 Å². The van der Waals surface area contributed by atoms with E-state index in [2.05, 4.69) is 5.32 Å². The van der Waals surface area contributed by atoms with Crippen LogP contribution < -0.4 is 10.2 Å². The maximum atomic E-state index is 12.5. The molecule has 0 saturated heterocycles. The Morgan fingerprint density at radius 1 is 1.28 bits per heavy atom. The summed E-state index contributed by atoms with van der Waals surface area (Å²) in [7, 11) is 0. The van der Waals surface area contributed by atoms with E-state index in [0.717, 1.165) is 35.5 Å². The van der Waals surface area contributed by atoms with E-state index in [-0.39, 0.29) is 17.7 Å². The smallest absolute Gasteiger partial charge is 0.248 e. The molecule has 25 heavy (non-hydrogen) atoms.